The molecule has 12 nitrogen and oxygen atoms in total. The average molecular weight is 1000 g/mol. The van der Waals surface area contributed by atoms with Crippen molar-refractivity contribution in [3.05, 3.63) is 59.2 Å². The zero-order chi connectivity index (χ0) is 32.8. The molecule has 278 valence electrons. The Balaban J connectivity index is -0.0000000689. The van der Waals surface area contributed by atoms with Gasteiger partial charge in [-0.05, 0) is 55.2 Å². The van der Waals surface area contributed by atoms with Crippen LogP contribution in [-0.4, -0.2) is 86.6 Å². The fraction of sp³-hybridized carbons (Fsp3) is 0.778. The molecule has 0 amide bonds. The third-order valence-corrected chi connectivity index (χ3v) is 5.08. The van der Waals surface area contributed by atoms with Gasteiger partial charge in [-0.3, -0.25) is 9.23 Å². The number of hydrogen-bond donors (Lipinski definition) is 1. The fourth-order valence-corrected chi connectivity index (χ4v) is 2.99. The second-order valence-corrected chi connectivity index (χ2v) is 8.31. The van der Waals surface area contributed by atoms with E-state index in [1.165, 1.54) is 12.1 Å². The minimum Gasteiger partial charge on any atom is -0.549 e. The summed E-state index contributed by atoms with van der Waals surface area (Å²) in [6.07, 6.45) is 4.02. The Hall–Kier alpha value is 2.81. The predicted octanol–water partition coefficient (Wildman–Crippen LogP) is 7.70. The van der Waals surface area contributed by atoms with Crippen molar-refractivity contribution in [1.82, 2.24) is 5.48 Å². The van der Waals surface area contributed by atoms with Crippen LogP contribution in [0.4, 0.5) is 22.0 Å². The summed E-state index contributed by atoms with van der Waals surface area (Å²) in [4.78, 5) is 20.5. The van der Waals surface area contributed by atoms with Gasteiger partial charge in [-0.15, -0.1) is 0 Å². The van der Waals surface area contributed by atoms with Crippen LogP contribution in [0.25, 0.3) is 23.6 Å². The Kier molecular flexibility index (Phi) is 88.6. The first-order valence-electron chi connectivity index (χ1n) is 13.5. The van der Waals surface area contributed by atoms with Crippen molar-refractivity contribution in [3.63, 3.8) is 0 Å². The largest absolute Gasteiger partial charge is 0.549 e. The van der Waals surface area contributed by atoms with Gasteiger partial charge in [0.1, 0.15) is 25.8 Å². The van der Waals surface area contributed by atoms with Gasteiger partial charge in [0.15, 0.2) is 0 Å². The van der Waals surface area contributed by atoms with E-state index < -0.39 is 20.0 Å². The molecule has 0 bridgehead atoms. The van der Waals surface area contributed by atoms with Crippen molar-refractivity contribution in [2.45, 2.75) is 39.7 Å². The van der Waals surface area contributed by atoms with E-state index in [0.717, 1.165) is 31.2 Å². The molecule has 1 aliphatic rings. The van der Waals surface area contributed by atoms with Crippen molar-refractivity contribution in [2.75, 3.05) is 86.6 Å². The van der Waals surface area contributed by atoms with Crippen molar-refractivity contribution in [1.29, 1.82) is 0 Å². The fourth-order valence-electron chi connectivity index (χ4n) is 2.99. The molecule has 21 heteroatoms. The predicted molar refractivity (Wildman–Crippen MR) is 159 cm³/mol. The Morgan fingerprint density at radius 3 is 1.44 bits per heavy atom. The third kappa shape index (κ3) is 58.1. The Morgan fingerprint density at radius 2 is 1.08 bits per heavy atom. The first-order valence-corrected chi connectivity index (χ1v) is 13.5. The maximum atomic E-state index is 12.2. The molecule has 0 atom stereocenters. The van der Waals surface area contributed by atoms with Gasteiger partial charge in [0.25, 0.3) is 0 Å². The minimum atomic E-state index is -0.566. The number of benzene rings is 1. The Bertz CT molecular complexity index is 637. The zero-order valence-corrected chi connectivity index (χ0v) is 38.4. The van der Waals surface area contributed by atoms with Gasteiger partial charge in [-0.1, -0.05) is 19.6 Å². The Morgan fingerprint density at radius 1 is 0.625 bits per heavy atom. The molecule has 0 heterocycles. The molecule has 4 radical (unpaired) electrons. The van der Waals surface area contributed by atoms with Crippen LogP contribution in [0, 0.1) is 17.7 Å². The molecule has 1 fully saturated rings. The number of nitrogens with one attached hydrogen (secondary N) is 5. The van der Waals surface area contributed by atoms with Gasteiger partial charge < -0.3 is 52.4 Å². The first kappa shape index (κ1) is 68.8. The van der Waals surface area contributed by atoms with E-state index in [9.17, 15) is 22.0 Å². The molecule has 0 aliphatic heterocycles. The average Bonchev–Trinajstić information content (AvgIpc) is 3.03. The van der Waals surface area contributed by atoms with Gasteiger partial charge in [0, 0.05) is 151 Å². The van der Waals surface area contributed by atoms with Crippen LogP contribution in [0.3, 0.4) is 0 Å². The van der Waals surface area contributed by atoms with E-state index >= 15 is 0 Å². The summed E-state index contributed by atoms with van der Waals surface area (Å²) in [6, 6.07) is 5.86. The molecule has 48 heavy (non-hydrogen) atoms. The Labute approximate surface area is 384 Å². The second-order valence-electron chi connectivity index (χ2n) is 8.31. The summed E-state index contributed by atoms with van der Waals surface area (Å²) >= 11 is 0. The molecule has 0 aromatic heterocycles. The molecular formula is C27H52F5N5O7Y4-4. The monoisotopic (exact) mass is 1000 g/mol. The van der Waals surface area contributed by atoms with Crippen LogP contribution >= 0.6 is 0 Å². The topological polar surface area (TPSA) is 172 Å². The van der Waals surface area contributed by atoms with Gasteiger partial charge in [0.2, 0.25) is 0 Å². The number of halogens is 5. The van der Waals surface area contributed by atoms with E-state index in [1.54, 1.807) is 19.2 Å². The summed E-state index contributed by atoms with van der Waals surface area (Å²) in [6.45, 7) is 0.639. The van der Waals surface area contributed by atoms with E-state index in [2.05, 4.69) is 34.4 Å². The summed E-state index contributed by atoms with van der Waals surface area (Å²) in [5, 5.41) is 0. The number of hydroxylamine groups is 1. The number of alkyl halides is 4. The van der Waals surface area contributed by atoms with Crippen LogP contribution in [0.15, 0.2) is 24.3 Å². The van der Waals surface area contributed by atoms with Crippen molar-refractivity contribution >= 4 is 0 Å². The molecule has 2 rings (SSSR count). The summed E-state index contributed by atoms with van der Waals surface area (Å²) in [5.74, 6) is 25.5. The number of hydrogen-bond acceptors (Lipinski definition) is 8. The molecule has 1 saturated carbocycles. The van der Waals surface area contributed by atoms with Crippen LogP contribution in [0.2, 0.25) is 0 Å². The minimum absolute atomic E-state index is 0. The second kappa shape index (κ2) is 61.8. The molecule has 0 unspecified atom stereocenters. The quantitative estimate of drug-likeness (QED) is 0.0886. The summed E-state index contributed by atoms with van der Waals surface area (Å²) in [5.41, 5.74) is 3.27. The van der Waals surface area contributed by atoms with Crippen LogP contribution in [-0.2, 0) is 171 Å². The van der Waals surface area contributed by atoms with Crippen molar-refractivity contribution in [2.24, 2.45) is 11.8 Å². The maximum absolute atomic E-state index is 12.2. The molecule has 0 spiro atoms. The zero-order valence-electron chi connectivity index (χ0n) is 27.0. The van der Waals surface area contributed by atoms with Crippen molar-refractivity contribution in [3.8, 4) is 0 Å². The maximum Gasteiger partial charge on any atom is 0.123 e. The van der Waals surface area contributed by atoms with Crippen LogP contribution in [0.1, 0.15) is 38.7 Å². The summed E-state index contributed by atoms with van der Waals surface area (Å²) in [7, 11) is 1.66. The van der Waals surface area contributed by atoms with Crippen LogP contribution < -0.4 is 5.48 Å². The molecule has 1 aromatic rings. The van der Waals surface area contributed by atoms with E-state index in [4.69, 9.17) is 28.3 Å². The molecule has 5 N–H and O–H groups in total. The van der Waals surface area contributed by atoms with E-state index in [-0.39, 0.29) is 190 Å². The third-order valence-electron chi connectivity index (χ3n) is 5.08. The van der Waals surface area contributed by atoms with E-state index in [0.29, 0.717) is 32.3 Å². The number of ether oxygens (including phenoxy) is 2. The molecule has 0 saturated heterocycles. The summed E-state index contributed by atoms with van der Waals surface area (Å²) < 4.78 is 67.0. The number of rotatable bonds is 18. The van der Waals surface area contributed by atoms with Crippen LogP contribution in [0.5, 0.6) is 0 Å². The van der Waals surface area contributed by atoms with Gasteiger partial charge >= 0.3 is 0 Å². The van der Waals surface area contributed by atoms with Crippen molar-refractivity contribution < 1.29 is 186 Å². The standard InChI is InChI=1S/C8H15FNO.C7H7FNO.C5H12FNO2.C4H9FNO2.C2H5FNO.CH4.4Y/c9-5-7-1-3-8(4-2-7)6-11-10;8-7-3-1-6(2-4-7)5-10-9;1-7-9-5-4-8-3-2-6;5-1-2-7-3-4-8-6;3-1-2-5-4;;;;;/h7-8,10H,1-6H2;1-4,9H,5H2;7H,2-5H2,1H3;6H,1-4H2;4H,1-2H2;1H4;;;;/q2*-1;;2*-1;;;;;/i9-1;8-1;6-1;5-1;3-1;;;;;. The van der Waals surface area contributed by atoms with E-state index in [1.807, 2.05) is 0 Å². The molecular weight excluding hydrogens is 952 g/mol. The molecule has 1 aromatic carbocycles. The normalized spacial score (nSPS) is 13.8. The smallest absolute Gasteiger partial charge is 0.123 e. The molecule has 1 aliphatic carbocycles. The van der Waals surface area contributed by atoms with Gasteiger partial charge in [-0.25, -0.2) is 23.0 Å². The van der Waals surface area contributed by atoms with Gasteiger partial charge in [-0.2, -0.15) is 0 Å². The van der Waals surface area contributed by atoms with Gasteiger partial charge in [0.05, 0.1) is 52.9 Å². The SMILES string of the molecule is C.CNOCCOCC[18F].[NH-]OCC1CCC(C[18F])CC1.[NH-]OCCOCC[18F].[NH-]OCC[18F].[NH-]OCc1ccc([18F])cc1.[Y].[Y].[Y].[Y]. The first-order chi connectivity index (χ1) is 20.9.